The van der Waals surface area contributed by atoms with Crippen LogP contribution in [0.5, 0.6) is 5.75 Å². The first-order valence-electron chi connectivity index (χ1n) is 9.25. The number of esters is 1. The van der Waals surface area contributed by atoms with Crippen molar-refractivity contribution in [1.82, 2.24) is 0 Å². The molecule has 3 rings (SSSR count). The number of hydrogen-bond acceptors (Lipinski definition) is 7. The Balaban J connectivity index is 1.70. The fourth-order valence-corrected chi connectivity index (χ4v) is 2.80. The molecule has 0 unspecified atom stereocenters. The van der Waals surface area contributed by atoms with Gasteiger partial charge in [0.25, 0.3) is 5.91 Å². The van der Waals surface area contributed by atoms with Gasteiger partial charge in [-0.15, -0.1) is 0 Å². The molecule has 160 valence electrons. The Morgan fingerprint density at radius 1 is 1.10 bits per heavy atom. The third-order valence-corrected chi connectivity index (χ3v) is 4.47. The van der Waals surface area contributed by atoms with Crippen molar-refractivity contribution in [2.75, 3.05) is 12.4 Å². The number of nitro groups is 1. The van der Waals surface area contributed by atoms with E-state index in [0.29, 0.717) is 17.0 Å². The van der Waals surface area contributed by atoms with Gasteiger partial charge in [-0.1, -0.05) is 12.1 Å². The highest BCUT2D eigenvalue weighted by molar-refractivity contribution is 6.03. The number of carbonyl (C=O) groups excluding carboxylic acids is 2. The number of amides is 1. The van der Waals surface area contributed by atoms with E-state index in [1.54, 1.807) is 38.1 Å². The summed E-state index contributed by atoms with van der Waals surface area (Å²) < 4.78 is 15.7. The predicted octanol–water partition coefficient (Wildman–Crippen LogP) is 4.42. The smallest absolute Gasteiger partial charge is 0.337 e. The molecule has 0 fully saturated rings. The van der Waals surface area contributed by atoms with Crippen LogP contribution in [-0.4, -0.2) is 23.9 Å². The van der Waals surface area contributed by atoms with Gasteiger partial charge < -0.3 is 19.2 Å². The zero-order valence-corrected chi connectivity index (χ0v) is 17.1. The number of methoxy groups -OCH3 is 1. The predicted molar refractivity (Wildman–Crippen MR) is 111 cm³/mol. The molecule has 31 heavy (non-hydrogen) atoms. The zero-order chi connectivity index (χ0) is 22.5. The molecular formula is C22H20N2O7. The van der Waals surface area contributed by atoms with Gasteiger partial charge in [0.05, 0.1) is 17.6 Å². The fraction of sp³-hybridized carbons (Fsp3) is 0.182. The van der Waals surface area contributed by atoms with E-state index in [4.69, 9.17) is 13.9 Å². The molecule has 0 atom stereocenters. The van der Waals surface area contributed by atoms with Gasteiger partial charge in [0.1, 0.15) is 12.4 Å². The summed E-state index contributed by atoms with van der Waals surface area (Å²) >= 11 is 0. The van der Waals surface area contributed by atoms with Crippen LogP contribution in [0.1, 0.15) is 37.8 Å². The van der Waals surface area contributed by atoms with Crippen LogP contribution < -0.4 is 10.1 Å². The summed E-state index contributed by atoms with van der Waals surface area (Å²) in [5, 5.41) is 13.9. The van der Waals surface area contributed by atoms with Gasteiger partial charge in [-0.25, -0.2) is 4.79 Å². The lowest BCUT2D eigenvalue weighted by molar-refractivity contribution is -0.386. The third kappa shape index (κ3) is 5.08. The Kier molecular flexibility index (Phi) is 6.35. The number of benzene rings is 2. The van der Waals surface area contributed by atoms with Gasteiger partial charge in [0.15, 0.2) is 11.5 Å². The molecule has 0 aliphatic rings. The molecule has 9 heteroatoms. The van der Waals surface area contributed by atoms with Crippen LogP contribution in [0.2, 0.25) is 0 Å². The Labute approximate surface area is 177 Å². The topological polar surface area (TPSA) is 121 Å². The lowest BCUT2D eigenvalue weighted by atomic mass is 10.1. The molecule has 3 aromatic rings. The standard InChI is InChI=1S/C22H20N2O7/c1-13-4-8-19(18(10-13)24(27)28)30-12-16-7-9-20(31-16)21(25)23-17-11-15(22(26)29-3)6-5-14(17)2/h4-11H,12H2,1-3H3,(H,23,25). The number of nitrogens with one attached hydrogen (secondary N) is 1. The first-order valence-corrected chi connectivity index (χ1v) is 9.25. The minimum atomic E-state index is -0.520. The average molecular weight is 424 g/mol. The maximum atomic E-state index is 12.5. The number of furan rings is 1. The zero-order valence-electron chi connectivity index (χ0n) is 17.1. The summed E-state index contributed by atoms with van der Waals surface area (Å²) in [5.41, 5.74) is 2.09. The molecule has 0 saturated heterocycles. The molecular weight excluding hydrogens is 404 g/mol. The van der Waals surface area contributed by atoms with Gasteiger partial charge in [-0.05, 0) is 55.3 Å². The summed E-state index contributed by atoms with van der Waals surface area (Å²) in [6.07, 6.45) is 0. The van der Waals surface area contributed by atoms with Crippen LogP contribution in [0.3, 0.4) is 0 Å². The van der Waals surface area contributed by atoms with E-state index in [0.717, 1.165) is 11.1 Å². The number of ether oxygens (including phenoxy) is 2. The molecule has 1 amide bonds. The van der Waals surface area contributed by atoms with Crippen LogP contribution in [-0.2, 0) is 11.3 Å². The van der Waals surface area contributed by atoms with Crippen molar-refractivity contribution >= 4 is 23.3 Å². The summed E-state index contributed by atoms with van der Waals surface area (Å²) in [6, 6.07) is 12.5. The molecule has 2 aromatic carbocycles. The van der Waals surface area contributed by atoms with E-state index in [2.05, 4.69) is 5.32 Å². The molecule has 1 aromatic heterocycles. The molecule has 0 saturated carbocycles. The van der Waals surface area contributed by atoms with E-state index >= 15 is 0 Å². The number of nitrogens with zero attached hydrogens (tertiary/aromatic N) is 1. The summed E-state index contributed by atoms with van der Waals surface area (Å²) in [6.45, 7) is 3.44. The highest BCUT2D eigenvalue weighted by atomic mass is 16.6. The molecule has 0 spiro atoms. The van der Waals surface area contributed by atoms with E-state index in [1.165, 1.54) is 31.4 Å². The minimum absolute atomic E-state index is 0.0277. The fourth-order valence-electron chi connectivity index (χ4n) is 2.80. The second-order valence-corrected chi connectivity index (χ2v) is 6.76. The Hall–Kier alpha value is -4.14. The average Bonchev–Trinajstić information content (AvgIpc) is 3.23. The quantitative estimate of drug-likeness (QED) is 0.338. The lowest BCUT2D eigenvalue weighted by Crippen LogP contribution is -2.13. The third-order valence-electron chi connectivity index (χ3n) is 4.47. The highest BCUT2D eigenvalue weighted by Crippen LogP contribution is 2.28. The summed E-state index contributed by atoms with van der Waals surface area (Å²) in [5.74, 6) is -0.580. The maximum absolute atomic E-state index is 12.5. The van der Waals surface area contributed by atoms with Crippen molar-refractivity contribution in [3.05, 3.63) is 86.9 Å². The van der Waals surface area contributed by atoms with Crippen molar-refractivity contribution in [2.45, 2.75) is 20.5 Å². The Morgan fingerprint density at radius 2 is 1.87 bits per heavy atom. The molecule has 0 bridgehead atoms. The molecule has 0 radical (unpaired) electrons. The van der Waals surface area contributed by atoms with E-state index in [1.807, 2.05) is 0 Å². The van der Waals surface area contributed by atoms with Gasteiger partial charge in [0, 0.05) is 11.8 Å². The number of anilines is 1. The summed E-state index contributed by atoms with van der Waals surface area (Å²) in [7, 11) is 1.28. The minimum Gasteiger partial charge on any atom is -0.479 e. The molecule has 0 aliphatic heterocycles. The number of carbonyl (C=O) groups is 2. The van der Waals surface area contributed by atoms with Crippen LogP contribution in [0.15, 0.2) is 52.9 Å². The second-order valence-electron chi connectivity index (χ2n) is 6.76. The van der Waals surface area contributed by atoms with Gasteiger partial charge in [-0.2, -0.15) is 0 Å². The normalized spacial score (nSPS) is 10.4. The van der Waals surface area contributed by atoms with Crippen molar-refractivity contribution in [1.29, 1.82) is 0 Å². The SMILES string of the molecule is COC(=O)c1ccc(C)c(NC(=O)c2ccc(COc3ccc(C)cc3[N+](=O)[O-])o2)c1. The second kappa shape index (κ2) is 9.12. The largest absolute Gasteiger partial charge is 0.479 e. The van der Waals surface area contributed by atoms with E-state index in [-0.39, 0.29) is 23.8 Å². The highest BCUT2D eigenvalue weighted by Gasteiger charge is 2.18. The van der Waals surface area contributed by atoms with Gasteiger partial charge >= 0.3 is 11.7 Å². The van der Waals surface area contributed by atoms with E-state index in [9.17, 15) is 19.7 Å². The number of aryl methyl sites for hydroxylation is 2. The molecule has 0 aliphatic carbocycles. The first-order chi connectivity index (χ1) is 14.8. The van der Waals surface area contributed by atoms with Crippen molar-refractivity contribution in [3.8, 4) is 5.75 Å². The van der Waals surface area contributed by atoms with Crippen LogP contribution in [0.4, 0.5) is 11.4 Å². The maximum Gasteiger partial charge on any atom is 0.337 e. The van der Waals surface area contributed by atoms with E-state index < -0.39 is 16.8 Å². The van der Waals surface area contributed by atoms with Crippen molar-refractivity contribution in [3.63, 3.8) is 0 Å². The van der Waals surface area contributed by atoms with Crippen LogP contribution in [0.25, 0.3) is 0 Å². The number of rotatable bonds is 7. The van der Waals surface area contributed by atoms with Gasteiger partial charge in [-0.3, -0.25) is 14.9 Å². The van der Waals surface area contributed by atoms with Gasteiger partial charge in [0.2, 0.25) is 0 Å². The number of hydrogen-bond donors (Lipinski definition) is 1. The van der Waals surface area contributed by atoms with Crippen molar-refractivity contribution < 1.29 is 28.4 Å². The number of nitro benzene ring substituents is 1. The molecule has 1 N–H and O–H groups in total. The summed E-state index contributed by atoms with van der Waals surface area (Å²) in [4.78, 5) is 34.9. The Bertz CT molecular complexity index is 1150. The van der Waals surface area contributed by atoms with Crippen LogP contribution >= 0.6 is 0 Å². The monoisotopic (exact) mass is 424 g/mol. The van der Waals surface area contributed by atoms with Crippen molar-refractivity contribution in [2.24, 2.45) is 0 Å². The van der Waals surface area contributed by atoms with Crippen LogP contribution in [0, 0.1) is 24.0 Å². The molecule has 1 heterocycles. The first kappa shape index (κ1) is 21.6. The Morgan fingerprint density at radius 3 is 2.58 bits per heavy atom. The lowest BCUT2D eigenvalue weighted by Gasteiger charge is -2.09. The molecule has 9 nitrogen and oxygen atoms in total.